The summed E-state index contributed by atoms with van der Waals surface area (Å²) in [4.78, 5) is 40.9. The summed E-state index contributed by atoms with van der Waals surface area (Å²) in [6.45, 7) is 6.73. The van der Waals surface area contributed by atoms with E-state index in [1.807, 2.05) is 31.2 Å². The van der Waals surface area contributed by atoms with Gasteiger partial charge >= 0.3 is 0 Å². The number of carbonyl (C=O) groups is 3. The van der Waals surface area contributed by atoms with Gasteiger partial charge in [0.2, 0.25) is 17.7 Å². The molecule has 0 unspecified atom stereocenters. The lowest BCUT2D eigenvalue weighted by Crippen LogP contribution is -2.54. The van der Waals surface area contributed by atoms with Crippen LogP contribution in [0.3, 0.4) is 0 Å². The topological polar surface area (TPSA) is 87.7 Å². The zero-order chi connectivity index (χ0) is 29.2. The number of hydrogen-bond acceptors (Lipinski definition) is 4. The molecule has 0 heterocycles. The van der Waals surface area contributed by atoms with Crippen molar-refractivity contribution in [2.24, 2.45) is 11.8 Å². The van der Waals surface area contributed by atoms with Crippen LogP contribution in [0.1, 0.15) is 57.6 Å². The monoisotopic (exact) mass is 589 g/mol. The number of hydrogen-bond donors (Lipinski definition) is 2. The molecule has 0 bridgehead atoms. The second-order valence-electron chi connectivity index (χ2n) is 10.6. The quantitative estimate of drug-likeness (QED) is 0.270. The Balaban J connectivity index is 1.63. The number of nitrogens with one attached hydrogen (secondary N) is 2. The van der Waals surface area contributed by atoms with E-state index in [2.05, 4.69) is 17.6 Å². The van der Waals surface area contributed by atoms with Gasteiger partial charge < -0.3 is 20.3 Å². The first kappa shape index (κ1) is 31.8. The number of ether oxygens (including phenoxy) is 1. The number of aryl methyl sites for hydroxylation is 1. The van der Waals surface area contributed by atoms with Crippen LogP contribution < -0.4 is 15.4 Å². The molecule has 0 aromatic heterocycles. The first-order valence-electron chi connectivity index (χ1n) is 14.1. The van der Waals surface area contributed by atoms with Gasteiger partial charge in [-0.25, -0.2) is 0 Å². The summed E-state index contributed by atoms with van der Waals surface area (Å²) < 4.78 is 5.84. The van der Waals surface area contributed by atoms with Crippen LogP contribution in [0, 0.1) is 11.8 Å². The van der Waals surface area contributed by atoms with Crippen LogP contribution in [0.4, 0.5) is 0 Å². The highest BCUT2D eigenvalue weighted by molar-refractivity contribution is 6.35. The van der Waals surface area contributed by atoms with Crippen molar-refractivity contribution in [3.05, 3.63) is 63.6 Å². The molecular formula is C31H41Cl2N3O4. The summed E-state index contributed by atoms with van der Waals surface area (Å²) in [6, 6.07) is 11.4. The Hall–Kier alpha value is -2.77. The molecule has 2 N–H and O–H groups in total. The Morgan fingerprint density at radius 3 is 2.45 bits per heavy atom. The van der Waals surface area contributed by atoms with Crippen molar-refractivity contribution in [2.75, 3.05) is 20.2 Å². The van der Waals surface area contributed by atoms with Crippen LogP contribution in [-0.2, 0) is 27.2 Å². The SMILES string of the molecule is CCCOc1ccccc1CCCNC(=O)[C@@H](Cc1ccc(Cl)cc1Cl)NC(=O)[C@@H](C)N(C)C(=O)[C@@H](C)C1CC1. The Bertz CT molecular complexity index is 1170. The first-order valence-corrected chi connectivity index (χ1v) is 14.9. The number of para-hydroxylation sites is 1. The maximum Gasteiger partial charge on any atom is 0.243 e. The molecule has 0 aliphatic heterocycles. The molecule has 3 atom stereocenters. The molecule has 2 aromatic carbocycles. The molecular weight excluding hydrogens is 549 g/mol. The van der Waals surface area contributed by atoms with Crippen LogP contribution >= 0.6 is 23.2 Å². The Kier molecular flexibility index (Phi) is 12.1. The normalized spacial score (nSPS) is 15.1. The summed E-state index contributed by atoms with van der Waals surface area (Å²) in [5, 5.41) is 6.73. The van der Waals surface area contributed by atoms with Gasteiger partial charge in [0.05, 0.1) is 6.61 Å². The van der Waals surface area contributed by atoms with Crippen molar-refractivity contribution in [1.29, 1.82) is 0 Å². The van der Waals surface area contributed by atoms with Gasteiger partial charge in [-0.3, -0.25) is 14.4 Å². The van der Waals surface area contributed by atoms with Crippen LogP contribution in [-0.4, -0.2) is 54.9 Å². The van der Waals surface area contributed by atoms with Gasteiger partial charge in [-0.05, 0) is 74.3 Å². The number of halogens is 2. The molecule has 1 saturated carbocycles. The third kappa shape index (κ3) is 9.13. The van der Waals surface area contributed by atoms with E-state index >= 15 is 0 Å². The first-order chi connectivity index (χ1) is 19.1. The molecule has 0 spiro atoms. The molecule has 7 nitrogen and oxygen atoms in total. The maximum absolute atomic E-state index is 13.3. The Morgan fingerprint density at radius 2 is 1.77 bits per heavy atom. The molecule has 2 aromatic rings. The van der Waals surface area contributed by atoms with Gasteiger partial charge in [-0.15, -0.1) is 0 Å². The van der Waals surface area contributed by atoms with E-state index in [0.717, 1.165) is 37.0 Å². The molecule has 1 aliphatic rings. The minimum absolute atomic E-state index is 0.0601. The van der Waals surface area contributed by atoms with Crippen LogP contribution in [0.25, 0.3) is 0 Å². The zero-order valence-electron chi connectivity index (χ0n) is 23.8. The molecule has 40 heavy (non-hydrogen) atoms. The Morgan fingerprint density at radius 1 is 1.05 bits per heavy atom. The predicted octanol–water partition coefficient (Wildman–Crippen LogP) is 5.45. The number of nitrogens with zero attached hydrogens (tertiary/aromatic N) is 1. The fourth-order valence-electron chi connectivity index (χ4n) is 4.57. The number of benzene rings is 2. The van der Waals surface area contributed by atoms with E-state index in [1.54, 1.807) is 32.2 Å². The number of likely N-dealkylation sites (N-methyl/N-ethyl adjacent to an activating group) is 1. The van der Waals surface area contributed by atoms with Crippen molar-refractivity contribution in [2.45, 2.75) is 71.4 Å². The predicted molar refractivity (Wildman–Crippen MR) is 160 cm³/mol. The number of carbonyl (C=O) groups excluding carboxylic acids is 3. The Labute approximate surface area is 247 Å². The summed E-state index contributed by atoms with van der Waals surface area (Å²) in [5.41, 5.74) is 1.78. The fraction of sp³-hybridized carbons (Fsp3) is 0.516. The second kappa shape index (κ2) is 15.3. The van der Waals surface area contributed by atoms with E-state index in [0.29, 0.717) is 41.1 Å². The zero-order valence-corrected chi connectivity index (χ0v) is 25.4. The van der Waals surface area contributed by atoms with Gasteiger partial charge in [0.25, 0.3) is 0 Å². The van der Waals surface area contributed by atoms with E-state index in [-0.39, 0.29) is 24.2 Å². The van der Waals surface area contributed by atoms with Crippen LogP contribution in [0.15, 0.2) is 42.5 Å². The van der Waals surface area contributed by atoms with E-state index in [1.165, 1.54) is 4.90 Å². The van der Waals surface area contributed by atoms with Crippen molar-refractivity contribution < 1.29 is 19.1 Å². The molecule has 0 saturated heterocycles. The lowest BCUT2D eigenvalue weighted by molar-refractivity contribution is -0.142. The van der Waals surface area contributed by atoms with E-state index in [9.17, 15) is 14.4 Å². The summed E-state index contributed by atoms with van der Waals surface area (Å²) in [6.07, 6.45) is 4.64. The number of rotatable bonds is 15. The molecule has 218 valence electrons. The largest absolute Gasteiger partial charge is 0.493 e. The lowest BCUT2D eigenvalue weighted by atomic mass is 10.0. The second-order valence-corrected chi connectivity index (χ2v) is 11.4. The van der Waals surface area contributed by atoms with Gasteiger partial charge in [-0.1, -0.05) is 61.3 Å². The molecule has 3 amide bonds. The van der Waals surface area contributed by atoms with Crippen LogP contribution in [0.5, 0.6) is 5.75 Å². The molecule has 9 heteroatoms. The smallest absolute Gasteiger partial charge is 0.243 e. The van der Waals surface area contributed by atoms with Crippen LogP contribution in [0.2, 0.25) is 10.0 Å². The van der Waals surface area contributed by atoms with Gasteiger partial charge in [0, 0.05) is 36.0 Å². The third-order valence-corrected chi connectivity index (χ3v) is 8.04. The third-order valence-electron chi connectivity index (χ3n) is 7.46. The molecule has 1 aliphatic carbocycles. The van der Waals surface area contributed by atoms with Crippen molar-refractivity contribution in [3.8, 4) is 5.75 Å². The highest BCUT2D eigenvalue weighted by atomic mass is 35.5. The number of amides is 3. The van der Waals surface area contributed by atoms with Crippen molar-refractivity contribution in [3.63, 3.8) is 0 Å². The molecule has 3 rings (SSSR count). The average Bonchev–Trinajstić information content (AvgIpc) is 3.79. The lowest BCUT2D eigenvalue weighted by Gasteiger charge is -2.28. The van der Waals surface area contributed by atoms with Gasteiger partial charge in [0.1, 0.15) is 17.8 Å². The maximum atomic E-state index is 13.3. The van der Waals surface area contributed by atoms with Crippen molar-refractivity contribution in [1.82, 2.24) is 15.5 Å². The van der Waals surface area contributed by atoms with Gasteiger partial charge in [-0.2, -0.15) is 0 Å². The summed E-state index contributed by atoms with van der Waals surface area (Å²) in [7, 11) is 1.64. The van der Waals surface area contributed by atoms with Crippen molar-refractivity contribution >= 4 is 40.9 Å². The van der Waals surface area contributed by atoms with E-state index in [4.69, 9.17) is 27.9 Å². The minimum atomic E-state index is -0.877. The summed E-state index contributed by atoms with van der Waals surface area (Å²) in [5.74, 6) is 0.358. The van der Waals surface area contributed by atoms with E-state index < -0.39 is 18.0 Å². The molecule has 1 fully saturated rings. The molecule has 0 radical (unpaired) electrons. The fourth-order valence-corrected chi connectivity index (χ4v) is 5.06. The highest BCUT2D eigenvalue weighted by Crippen LogP contribution is 2.37. The highest BCUT2D eigenvalue weighted by Gasteiger charge is 2.36. The van der Waals surface area contributed by atoms with Gasteiger partial charge in [0.15, 0.2) is 0 Å². The standard InChI is InChI=1S/C31H41Cl2N3O4/c1-5-17-40-28-11-7-6-9-23(28)10-8-16-34-30(38)27(18-24-14-15-25(32)19-26(24)33)35-29(37)21(3)36(4)31(39)20(2)22-12-13-22/h6-7,9,11,14-15,19-22,27H,5,8,10,12-13,16-18H2,1-4H3,(H,34,38)(H,35,37)/t20-,21+,27+/m0/s1. The average molecular weight is 591 g/mol. The summed E-state index contributed by atoms with van der Waals surface area (Å²) >= 11 is 12.4. The minimum Gasteiger partial charge on any atom is -0.493 e.